The second kappa shape index (κ2) is 6.48. The summed E-state index contributed by atoms with van der Waals surface area (Å²) in [5, 5.41) is 3.40. The number of para-hydroxylation sites is 1. The van der Waals surface area contributed by atoms with Gasteiger partial charge < -0.3 is 5.32 Å². The van der Waals surface area contributed by atoms with Crippen LogP contribution >= 0.6 is 15.9 Å². The number of anilines is 1. The number of nitrogens with zero attached hydrogens (tertiary/aromatic N) is 2. The molecule has 0 radical (unpaired) electrons. The molecule has 4 nitrogen and oxygen atoms in total. The zero-order chi connectivity index (χ0) is 17.4. The zero-order valence-electron chi connectivity index (χ0n) is 13.9. The van der Waals surface area contributed by atoms with E-state index in [4.69, 9.17) is 0 Å². The van der Waals surface area contributed by atoms with Crippen molar-refractivity contribution >= 4 is 33.2 Å². The molecule has 1 atom stereocenters. The molecular weight excluding hydrogens is 378 g/mol. The second-order valence-corrected chi connectivity index (χ2v) is 7.08. The first kappa shape index (κ1) is 16.1. The van der Waals surface area contributed by atoms with Crippen molar-refractivity contribution in [2.24, 2.45) is 4.99 Å². The molecule has 25 heavy (non-hydrogen) atoms. The van der Waals surface area contributed by atoms with Gasteiger partial charge in [0, 0.05) is 28.0 Å². The average molecular weight is 396 g/mol. The molecular formula is C20H18BrN3O. The molecule has 2 aliphatic heterocycles. The number of hydrogen-bond donors (Lipinski definition) is 1. The fraction of sp³-hybridized carbons (Fsp3) is 0.200. The molecule has 1 amide bonds. The van der Waals surface area contributed by atoms with Crippen LogP contribution in [-0.2, 0) is 4.79 Å². The number of allylic oxidation sites excluding steroid dienone is 1. The summed E-state index contributed by atoms with van der Waals surface area (Å²) >= 11 is 3.49. The first-order chi connectivity index (χ1) is 12.2. The van der Waals surface area contributed by atoms with Crippen LogP contribution in [0.1, 0.15) is 18.5 Å². The summed E-state index contributed by atoms with van der Waals surface area (Å²) in [6.07, 6.45) is 0. The summed E-state index contributed by atoms with van der Waals surface area (Å²) in [6, 6.07) is 17.8. The monoisotopic (exact) mass is 395 g/mol. The Hall–Kier alpha value is -2.40. The number of aliphatic imine (C=N–C) groups is 1. The number of hydrogen-bond acceptors (Lipinski definition) is 3. The maximum Gasteiger partial charge on any atom is 0.277 e. The Morgan fingerprint density at radius 2 is 1.84 bits per heavy atom. The van der Waals surface area contributed by atoms with Crippen LogP contribution in [0.3, 0.4) is 0 Å². The molecule has 0 aliphatic carbocycles. The lowest BCUT2D eigenvalue weighted by molar-refractivity contribution is -0.112. The predicted octanol–water partition coefficient (Wildman–Crippen LogP) is 3.86. The standard InChI is InChI=1S/C20H18BrN3O/c1-13-17-18(23-12-11-22-13)20(25)24(16-5-3-2-4-6-16)19(17)14-7-9-15(21)10-8-14/h2-10,19,22H,11-12H2,1H3. The van der Waals surface area contributed by atoms with Gasteiger partial charge in [-0.2, -0.15) is 0 Å². The van der Waals surface area contributed by atoms with Gasteiger partial charge in [-0.05, 0) is 36.8 Å². The van der Waals surface area contributed by atoms with E-state index in [0.29, 0.717) is 12.3 Å². The molecule has 126 valence electrons. The second-order valence-electron chi connectivity index (χ2n) is 6.16. The van der Waals surface area contributed by atoms with Crippen LogP contribution in [-0.4, -0.2) is 24.7 Å². The zero-order valence-corrected chi connectivity index (χ0v) is 15.5. The summed E-state index contributed by atoms with van der Waals surface area (Å²) in [5.74, 6) is -0.0304. The lowest BCUT2D eigenvalue weighted by Gasteiger charge is -2.26. The smallest absolute Gasteiger partial charge is 0.277 e. The van der Waals surface area contributed by atoms with E-state index in [0.717, 1.165) is 33.5 Å². The van der Waals surface area contributed by atoms with Crippen LogP contribution in [0.25, 0.3) is 0 Å². The Morgan fingerprint density at radius 3 is 2.56 bits per heavy atom. The van der Waals surface area contributed by atoms with Crippen molar-refractivity contribution in [3.63, 3.8) is 0 Å². The summed E-state index contributed by atoms with van der Waals surface area (Å²) in [6.45, 7) is 3.39. The summed E-state index contributed by atoms with van der Waals surface area (Å²) in [5.41, 5.74) is 4.55. The Kier molecular flexibility index (Phi) is 4.17. The first-order valence-electron chi connectivity index (χ1n) is 8.30. The number of halogens is 1. The maximum absolute atomic E-state index is 13.2. The number of nitrogens with one attached hydrogen (secondary N) is 1. The topological polar surface area (TPSA) is 44.7 Å². The minimum Gasteiger partial charge on any atom is -0.386 e. The van der Waals surface area contributed by atoms with E-state index in [2.05, 4.69) is 38.4 Å². The molecule has 5 heteroatoms. The Balaban J connectivity index is 1.93. The van der Waals surface area contributed by atoms with Crippen molar-refractivity contribution in [2.45, 2.75) is 13.0 Å². The third-order valence-electron chi connectivity index (χ3n) is 4.60. The highest BCUT2D eigenvalue weighted by Crippen LogP contribution is 2.41. The first-order valence-corrected chi connectivity index (χ1v) is 9.09. The average Bonchev–Trinajstić information content (AvgIpc) is 2.78. The number of rotatable bonds is 2. The lowest BCUT2D eigenvalue weighted by atomic mass is 9.96. The number of carbonyl (C=O) groups is 1. The van der Waals surface area contributed by atoms with Gasteiger partial charge in [0.25, 0.3) is 5.91 Å². The minimum absolute atomic E-state index is 0.0304. The van der Waals surface area contributed by atoms with E-state index in [1.54, 1.807) is 0 Å². The van der Waals surface area contributed by atoms with Crippen molar-refractivity contribution in [3.05, 3.63) is 75.9 Å². The van der Waals surface area contributed by atoms with E-state index in [1.165, 1.54) is 0 Å². The highest BCUT2D eigenvalue weighted by atomic mass is 79.9. The minimum atomic E-state index is -0.174. The molecule has 1 saturated heterocycles. The van der Waals surface area contributed by atoms with Gasteiger partial charge in [0.15, 0.2) is 0 Å². The molecule has 1 N–H and O–H groups in total. The van der Waals surface area contributed by atoms with Gasteiger partial charge in [0.05, 0.1) is 12.6 Å². The number of carbonyl (C=O) groups excluding carboxylic acids is 1. The third kappa shape index (κ3) is 2.78. The third-order valence-corrected chi connectivity index (χ3v) is 5.13. The maximum atomic E-state index is 13.2. The number of benzene rings is 2. The molecule has 2 aromatic carbocycles. The summed E-state index contributed by atoms with van der Waals surface area (Å²) in [4.78, 5) is 19.6. The largest absolute Gasteiger partial charge is 0.386 e. The van der Waals surface area contributed by atoms with Crippen LogP contribution in [0, 0.1) is 0 Å². The van der Waals surface area contributed by atoms with Gasteiger partial charge in [0.2, 0.25) is 0 Å². The molecule has 2 heterocycles. The molecule has 2 aliphatic rings. The van der Waals surface area contributed by atoms with Crippen LogP contribution in [0.15, 0.2) is 75.3 Å². The fourth-order valence-electron chi connectivity index (χ4n) is 3.46. The number of fused-ring (bicyclic) bond motifs is 1. The molecule has 4 rings (SSSR count). The fourth-order valence-corrected chi connectivity index (χ4v) is 3.73. The van der Waals surface area contributed by atoms with Crippen molar-refractivity contribution < 1.29 is 4.79 Å². The Bertz CT molecular complexity index is 872. The molecule has 2 aromatic rings. The SMILES string of the molecule is CC1=C2C(=NCCN1)C(=O)N(c1ccccc1)C2c1ccc(Br)cc1. The van der Waals surface area contributed by atoms with Crippen LogP contribution < -0.4 is 10.2 Å². The van der Waals surface area contributed by atoms with E-state index in [1.807, 2.05) is 54.3 Å². The van der Waals surface area contributed by atoms with Crippen molar-refractivity contribution in [2.75, 3.05) is 18.0 Å². The molecule has 0 bridgehead atoms. The molecule has 0 spiro atoms. The lowest BCUT2D eigenvalue weighted by Crippen LogP contribution is -2.30. The summed E-state index contributed by atoms with van der Waals surface area (Å²) in [7, 11) is 0. The van der Waals surface area contributed by atoms with E-state index < -0.39 is 0 Å². The van der Waals surface area contributed by atoms with Gasteiger partial charge in [0.1, 0.15) is 5.71 Å². The van der Waals surface area contributed by atoms with Crippen LogP contribution in [0.5, 0.6) is 0 Å². The molecule has 1 fully saturated rings. The highest BCUT2D eigenvalue weighted by molar-refractivity contribution is 9.10. The van der Waals surface area contributed by atoms with Crippen LogP contribution in [0.2, 0.25) is 0 Å². The van der Waals surface area contributed by atoms with E-state index in [9.17, 15) is 4.79 Å². The predicted molar refractivity (Wildman–Crippen MR) is 104 cm³/mol. The van der Waals surface area contributed by atoms with E-state index >= 15 is 0 Å². The van der Waals surface area contributed by atoms with Gasteiger partial charge in [-0.15, -0.1) is 0 Å². The Labute approximate surface area is 155 Å². The van der Waals surface area contributed by atoms with Crippen molar-refractivity contribution in [1.29, 1.82) is 0 Å². The Morgan fingerprint density at radius 1 is 1.12 bits per heavy atom. The van der Waals surface area contributed by atoms with Gasteiger partial charge in [-0.3, -0.25) is 14.7 Å². The van der Waals surface area contributed by atoms with Gasteiger partial charge >= 0.3 is 0 Å². The quantitative estimate of drug-likeness (QED) is 0.838. The molecule has 0 saturated carbocycles. The normalized spacial score (nSPS) is 20.1. The van der Waals surface area contributed by atoms with Crippen LogP contribution in [0.4, 0.5) is 5.69 Å². The number of amides is 1. The molecule has 1 unspecified atom stereocenters. The van der Waals surface area contributed by atoms with Crippen molar-refractivity contribution in [1.82, 2.24) is 5.32 Å². The van der Waals surface area contributed by atoms with Gasteiger partial charge in [-0.25, -0.2) is 0 Å². The summed E-state index contributed by atoms with van der Waals surface area (Å²) < 4.78 is 1.02. The van der Waals surface area contributed by atoms with Gasteiger partial charge in [-0.1, -0.05) is 46.3 Å². The van der Waals surface area contributed by atoms with Crippen molar-refractivity contribution in [3.8, 4) is 0 Å². The molecule has 0 aromatic heterocycles. The van der Waals surface area contributed by atoms with E-state index in [-0.39, 0.29) is 11.9 Å². The highest BCUT2D eigenvalue weighted by Gasteiger charge is 2.44.